The third-order valence-electron chi connectivity index (χ3n) is 6.59. The molecule has 1 aromatic heterocycles. The number of aromatic nitrogens is 2. The van der Waals surface area contributed by atoms with Crippen LogP contribution in [-0.4, -0.2) is 54.2 Å². The van der Waals surface area contributed by atoms with Gasteiger partial charge in [-0.25, -0.2) is 12.7 Å². The first-order chi connectivity index (χ1) is 12.8. The average Bonchev–Trinajstić information content (AvgIpc) is 3.27. The highest BCUT2D eigenvalue weighted by atomic mass is 32.2. The van der Waals surface area contributed by atoms with Crippen LogP contribution in [0.25, 0.3) is 0 Å². The number of fused-ring (bicyclic) bond motifs is 1. The van der Waals surface area contributed by atoms with Crippen molar-refractivity contribution in [3.8, 4) is 0 Å². The molecule has 3 atom stereocenters. The summed E-state index contributed by atoms with van der Waals surface area (Å²) in [5.41, 5.74) is -0.505. The van der Waals surface area contributed by atoms with E-state index in [2.05, 4.69) is 15.5 Å². The van der Waals surface area contributed by atoms with Gasteiger partial charge in [-0.3, -0.25) is 4.79 Å². The third kappa shape index (κ3) is 3.51. The van der Waals surface area contributed by atoms with Gasteiger partial charge in [-0.15, -0.1) is 0 Å². The molecule has 2 aliphatic carbocycles. The second-order valence-corrected chi connectivity index (χ2v) is 10.5. The average molecular weight is 397 g/mol. The molecule has 1 saturated heterocycles. The number of nitrogens with one attached hydrogen (secondary N) is 1. The minimum absolute atomic E-state index is 0.0262. The SMILES string of the molecule is Cc1noc([C@]23C[C@H](NC(=O)C4CCCCC4)CC2CN(S(C)(=O)=O)C3)n1. The molecule has 9 heteroatoms. The van der Waals surface area contributed by atoms with Gasteiger partial charge in [-0.1, -0.05) is 24.4 Å². The highest BCUT2D eigenvalue weighted by Gasteiger charge is 2.59. The molecular weight excluding hydrogens is 368 g/mol. The fourth-order valence-corrected chi connectivity index (χ4v) is 6.12. The van der Waals surface area contributed by atoms with E-state index in [0.29, 0.717) is 31.2 Å². The van der Waals surface area contributed by atoms with Crippen molar-refractivity contribution in [2.45, 2.75) is 63.3 Å². The van der Waals surface area contributed by atoms with Crippen molar-refractivity contribution >= 4 is 15.9 Å². The molecule has 4 rings (SSSR count). The summed E-state index contributed by atoms with van der Waals surface area (Å²) in [6.07, 6.45) is 8.03. The van der Waals surface area contributed by atoms with Crippen molar-refractivity contribution in [3.05, 3.63) is 11.7 Å². The number of hydrogen-bond donors (Lipinski definition) is 1. The monoisotopic (exact) mass is 396 g/mol. The molecule has 150 valence electrons. The third-order valence-corrected chi connectivity index (χ3v) is 7.80. The molecule has 0 spiro atoms. The summed E-state index contributed by atoms with van der Waals surface area (Å²) < 4.78 is 31.2. The zero-order valence-corrected chi connectivity index (χ0v) is 16.8. The Morgan fingerprint density at radius 3 is 2.67 bits per heavy atom. The van der Waals surface area contributed by atoms with E-state index in [0.717, 1.165) is 32.1 Å². The van der Waals surface area contributed by atoms with Crippen LogP contribution in [0.5, 0.6) is 0 Å². The predicted molar refractivity (Wildman–Crippen MR) is 98.4 cm³/mol. The first-order valence-corrected chi connectivity index (χ1v) is 11.7. The molecule has 1 aliphatic heterocycles. The van der Waals surface area contributed by atoms with Crippen LogP contribution in [0.15, 0.2) is 4.52 Å². The molecule has 2 heterocycles. The van der Waals surface area contributed by atoms with Gasteiger partial charge in [-0.05, 0) is 38.5 Å². The molecule has 1 N–H and O–H groups in total. The lowest BCUT2D eigenvalue weighted by Crippen LogP contribution is -2.41. The Kier molecular flexibility index (Phi) is 4.78. The van der Waals surface area contributed by atoms with Crippen molar-refractivity contribution in [2.24, 2.45) is 11.8 Å². The van der Waals surface area contributed by atoms with Crippen LogP contribution in [0.1, 0.15) is 56.7 Å². The van der Waals surface area contributed by atoms with Gasteiger partial charge in [0.05, 0.1) is 11.7 Å². The summed E-state index contributed by atoms with van der Waals surface area (Å²) >= 11 is 0. The summed E-state index contributed by atoms with van der Waals surface area (Å²) in [4.78, 5) is 17.1. The second-order valence-electron chi connectivity index (χ2n) is 8.54. The minimum Gasteiger partial charge on any atom is -0.353 e. The molecule has 8 nitrogen and oxygen atoms in total. The Hall–Kier alpha value is -1.48. The lowest BCUT2D eigenvalue weighted by molar-refractivity contribution is -0.126. The van der Waals surface area contributed by atoms with Crippen molar-refractivity contribution < 1.29 is 17.7 Å². The minimum atomic E-state index is -3.29. The van der Waals surface area contributed by atoms with Gasteiger partial charge in [0.1, 0.15) is 0 Å². The maximum absolute atomic E-state index is 12.7. The summed E-state index contributed by atoms with van der Waals surface area (Å²) in [5, 5.41) is 7.16. The molecule has 2 saturated carbocycles. The first-order valence-electron chi connectivity index (χ1n) is 9.84. The standard InChI is InChI=1S/C18H28N4O4S/c1-12-19-17(26-21-12)18-9-15(20-16(23)13-6-4-3-5-7-13)8-14(18)10-22(11-18)27(2,24)25/h13-15H,3-11H2,1-2H3,(H,20,23)/t14?,15-,18+/m1/s1. The van der Waals surface area contributed by atoms with Gasteiger partial charge in [0, 0.05) is 25.0 Å². The molecule has 0 aromatic carbocycles. The van der Waals surface area contributed by atoms with Crippen LogP contribution >= 0.6 is 0 Å². The molecule has 1 amide bonds. The number of carbonyl (C=O) groups is 1. The van der Waals surface area contributed by atoms with Crippen molar-refractivity contribution in [3.63, 3.8) is 0 Å². The summed E-state index contributed by atoms with van der Waals surface area (Å²) in [6.45, 7) is 2.54. The zero-order valence-electron chi connectivity index (χ0n) is 16.0. The normalized spacial score (nSPS) is 32.5. The predicted octanol–water partition coefficient (Wildman–Crippen LogP) is 1.37. The van der Waals surface area contributed by atoms with Gasteiger partial charge in [0.15, 0.2) is 5.82 Å². The van der Waals surface area contributed by atoms with E-state index in [1.165, 1.54) is 17.0 Å². The van der Waals surface area contributed by atoms with Crippen molar-refractivity contribution in [2.75, 3.05) is 19.3 Å². The summed E-state index contributed by atoms with van der Waals surface area (Å²) in [6, 6.07) is 0.0262. The topological polar surface area (TPSA) is 105 Å². The van der Waals surface area contributed by atoms with E-state index in [-0.39, 0.29) is 23.8 Å². The van der Waals surface area contributed by atoms with Crippen LogP contribution < -0.4 is 5.32 Å². The van der Waals surface area contributed by atoms with Gasteiger partial charge in [0.25, 0.3) is 0 Å². The van der Waals surface area contributed by atoms with Crippen LogP contribution in [0.4, 0.5) is 0 Å². The Bertz CT molecular complexity index is 817. The lowest BCUT2D eigenvalue weighted by atomic mass is 9.80. The quantitative estimate of drug-likeness (QED) is 0.824. The van der Waals surface area contributed by atoms with Crippen LogP contribution in [0, 0.1) is 18.8 Å². The molecule has 3 fully saturated rings. The molecule has 3 aliphatic rings. The highest BCUT2D eigenvalue weighted by Crippen LogP contribution is 2.50. The van der Waals surface area contributed by atoms with Crippen molar-refractivity contribution in [1.82, 2.24) is 19.8 Å². The number of amides is 1. The zero-order chi connectivity index (χ0) is 19.2. The lowest BCUT2D eigenvalue weighted by Gasteiger charge is -2.26. The molecule has 0 bridgehead atoms. The van der Waals surface area contributed by atoms with E-state index in [1.807, 2.05) is 0 Å². The van der Waals surface area contributed by atoms with Gasteiger partial charge < -0.3 is 9.84 Å². The number of sulfonamides is 1. The van der Waals surface area contributed by atoms with Gasteiger partial charge in [0.2, 0.25) is 21.8 Å². The van der Waals surface area contributed by atoms with Gasteiger partial charge >= 0.3 is 0 Å². The van der Waals surface area contributed by atoms with Crippen LogP contribution in [0.2, 0.25) is 0 Å². The second kappa shape index (κ2) is 6.84. The molecular formula is C18H28N4O4S. The smallest absolute Gasteiger partial charge is 0.234 e. The number of hydrogen-bond acceptors (Lipinski definition) is 6. The highest BCUT2D eigenvalue weighted by molar-refractivity contribution is 7.88. The molecule has 27 heavy (non-hydrogen) atoms. The van der Waals surface area contributed by atoms with Crippen LogP contribution in [0.3, 0.4) is 0 Å². The largest absolute Gasteiger partial charge is 0.353 e. The van der Waals surface area contributed by atoms with E-state index in [1.54, 1.807) is 6.92 Å². The number of carbonyl (C=O) groups excluding carboxylic acids is 1. The van der Waals surface area contributed by atoms with Gasteiger partial charge in [-0.2, -0.15) is 4.98 Å². The number of rotatable bonds is 4. The fraction of sp³-hybridized carbons (Fsp3) is 0.833. The van der Waals surface area contributed by atoms with E-state index in [9.17, 15) is 13.2 Å². The van der Waals surface area contributed by atoms with Crippen LogP contribution in [-0.2, 0) is 20.2 Å². The maximum Gasteiger partial charge on any atom is 0.234 e. The first kappa shape index (κ1) is 18.9. The van der Waals surface area contributed by atoms with E-state index in [4.69, 9.17) is 4.52 Å². The molecule has 1 aromatic rings. The Labute approximate surface area is 160 Å². The number of nitrogens with zero attached hydrogens (tertiary/aromatic N) is 3. The number of aryl methyl sites for hydroxylation is 1. The van der Waals surface area contributed by atoms with E-state index >= 15 is 0 Å². The Morgan fingerprint density at radius 1 is 1.30 bits per heavy atom. The molecule has 0 radical (unpaired) electrons. The Balaban J connectivity index is 1.53. The van der Waals surface area contributed by atoms with Crippen molar-refractivity contribution in [1.29, 1.82) is 0 Å². The summed E-state index contributed by atoms with van der Waals surface area (Å²) in [5.74, 6) is 1.39. The van der Waals surface area contributed by atoms with E-state index < -0.39 is 15.4 Å². The molecule has 1 unspecified atom stereocenters. The maximum atomic E-state index is 12.7. The summed E-state index contributed by atoms with van der Waals surface area (Å²) in [7, 11) is -3.29. The fourth-order valence-electron chi connectivity index (χ4n) is 5.20. The Morgan fingerprint density at radius 2 is 2.04 bits per heavy atom.